The van der Waals surface area contributed by atoms with Crippen LogP contribution >= 0.6 is 11.6 Å². The van der Waals surface area contributed by atoms with Gasteiger partial charge in [-0.3, -0.25) is 0 Å². The SMILES string of the molecule is Cc1cc(C2(N)CCCCC2)cc(Cl)c1O. The first-order chi connectivity index (χ1) is 7.53. The van der Waals surface area contributed by atoms with Gasteiger partial charge in [-0.05, 0) is 37.0 Å². The van der Waals surface area contributed by atoms with Crippen molar-refractivity contribution in [3.8, 4) is 5.75 Å². The van der Waals surface area contributed by atoms with Crippen LogP contribution in [0.3, 0.4) is 0 Å². The number of phenols is 1. The number of halogens is 1. The van der Waals surface area contributed by atoms with Gasteiger partial charge in [-0.15, -0.1) is 0 Å². The van der Waals surface area contributed by atoms with Crippen LogP contribution in [-0.4, -0.2) is 5.11 Å². The van der Waals surface area contributed by atoms with Crippen LogP contribution in [0.2, 0.25) is 5.02 Å². The standard InChI is InChI=1S/C13H18ClNO/c1-9-7-10(8-11(14)12(9)16)13(15)5-3-2-4-6-13/h7-8,16H,2-6,15H2,1H3. The molecule has 0 aliphatic heterocycles. The van der Waals surface area contributed by atoms with Crippen LogP contribution < -0.4 is 5.73 Å². The zero-order valence-electron chi connectivity index (χ0n) is 9.59. The molecule has 1 saturated carbocycles. The lowest BCUT2D eigenvalue weighted by Gasteiger charge is -2.34. The monoisotopic (exact) mass is 239 g/mol. The summed E-state index contributed by atoms with van der Waals surface area (Å²) in [7, 11) is 0. The Hall–Kier alpha value is -0.730. The molecule has 16 heavy (non-hydrogen) atoms. The zero-order chi connectivity index (χ0) is 11.8. The van der Waals surface area contributed by atoms with E-state index >= 15 is 0 Å². The Balaban J connectivity index is 2.39. The molecule has 1 fully saturated rings. The van der Waals surface area contributed by atoms with E-state index in [1.807, 2.05) is 19.1 Å². The van der Waals surface area contributed by atoms with Gasteiger partial charge in [0, 0.05) is 5.54 Å². The van der Waals surface area contributed by atoms with Crippen LogP contribution in [-0.2, 0) is 5.54 Å². The Morgan fingerprint density at radius 2 is 1.88 bits per heavy atom. The summed E-state index contributed by atoms with van der Waals surface area (Å²) in [6.07, 6.45) is 5.63. The summed E-state index contributed by atoms with van der Waals surface area (Å²) in [5.74, 6) is 0.171. The number of nitrogens with two attached hydrogens (primary N) is 1. The van der Waals surface area contributed by atoms with Gasteiger partial charge in [0.1, 0.15) is 5.75 Å². The van der Waals surface area contributed by atoms with E-state index in [4.69, 9.17) is 17.3 Å². The summed E-state index contributed by atoms with van der Waals surface area (Å²) < 4.78 is 0. The van der Waals surface area contributed by atoms with Crippen molar-refractivity contribution in [2.24, 2.45) is 5.73 Å². The van der Waals surface area contributed by atoms with Crippen LogP contribution in [0.4, 0.5) is 0 Å². The molecule has 0 unspecified atom stereocenters. The predicted molar refractivity (Wildman–Crippen MR) is 66.8 cm³/mol. The van der Waals surface area contributed by atoms with E-state index in [0.29, 0.717) is 5.02 Å². The average Bonchev–Trinajstić information content (AvgIpc) is 2.26. The van der Waals surface area contributed by atoms with Gasteiger partial charge in [0.25, 0.3) is 0 Å². The van der Waals surface area contributed by atoms with Gasteiger partial charge < -0.3 is 10.8 Å². The number of aryl methyl sites for hydroxylation is 1. The first-order valence-electron chi connectivity index (χ1n) is 5.81. The van der Waals surface area contributed by atoms with E-state index in [-0.39, 0.29) is 11.3 Å². The number of rotatable bonds is 1. The minimum absolute atomic E-state index is 0.171. The van der Waals surface area contributed by atoms with Gasteiger partial charge >= 0.3 is 0 Å². The fourth-order valence-electron chi connectivity index (χ4n) is 2.50. The maximum atomic E-state index is 9.64. The smallest absolute Gasteiger partial charge is 0.137 e. The van der Waals surface area contributed by atoms with Crippen LogP contribution in [0.25, 0.3) is 0 Å². The van der Waals surface area contributed by atoms with E-state index in [2.05, 4.69) is 0 Å². The molecule has 0 saturated heterocycles. The second-order valence-corrected chi connectivity index (χ2v) is 5.25. The van der Waals surface area contributed by atoms with Crippen LogP contribution in [0, 0.1) is 6.92 Å². The third-order valence-corrected chi connectivity index (χ3v) is 3.86. The van der Waals surface area contributed by atoms with Gasteiger partial charge in [-0.1, -0.05) is 36.9 Å². The van der Waals surface area contributed by atoms with Gasteiger partial charge in [0.15, 0.2) is 0 Å². The highest BCUT2D eigenvalue weighted by Crippen LogP contribution is 2.38. The van der Waals surface area contributed by atoms with E-state index in [1.165, 1.54) is 19.3 Å². The highest BCUT2D eigenvalue weighted by Gasteiger charge is 2.30. The van der Waals surface area contributed by atoms with Crippen LogP contribution in [0.5, 0.6) is 5.75 Å². The Labute approximate surface area is 101 Å². The largest absolute Gasteiger partial charge is 0.506 e. The van der Waals surface area contributed by atoms with E-state index in [0.717, 1.165) is 24.0 Å². The second kappa shape index (κ2) is 4.27. The van der Waals surface area contributed by atoms with Crippen molar-refractivity contribution in [3.05, 3.63) is 28.3 Å². The summed E-state index contributed by atoms with van der Waals surface area (Å²) in [6.45, 7) is 1.86. The van der Waals surface area contributed by atoms with Gasteiger partial charge in [0.2, 0.25) is 0 Å². The molecule has 0 bridgehead atoms. The Morgan fingerprint density at radius 3 is 2.44 bits per heavy atom. The second-order valence-electron chi connectivity index (χ2n) is 4.84. The zero-order valence-corrected chi connectivity index (χ0v) is 10.3. The lowest BCUT2D eigenvalue weighted by Crippen LogP contribution is -2.38. The van der Waals surface area contributed by atoms with Crippen molar-refractivity contribution in [2.75, 3.05) is 0 Å². The quantitative estimate of drug-likeness (QED) is 0.788. The lowest BCUT2D eigenvalue weighted by molar-refractivity contribution is 0.302. The number of hydrogen-bond donors (Lipinski definition) is 2. The predicted octanol–water partition coefficient (Wildman–Crippen LogP) is 3.47. The van der Waals surface area contributed by atoms with Crippen molar-refractivity contribution >= 4 is 11.6 Å². The number of aromatic hydroxyl groups is 1. The Kier molecular flexibility index (Phi) is 3.13. The van der Waals surface area contributed by atoms with Crippen molar-refractivity contribution in [3.63, 3.8) is 0 Å². The molecule has 3 N–H and O–H groups in total. The summed E-state index contributed by atoms with van der Waals surface area (Å²) in [5, 5.41) is 10.0. The van der Waals surface area contributed by atoms with Crippen molar-refractivity contribution in [1.29, 1.82) is 0 Å². The molecule has 2 nitrogen and oxygen atoms in total. The molecule has 88 valence electrons. The molecular weight excluding hydrogens is 222 g/mol. The van der Waals surface area contributed by atoms with Gasteiger partial charge in [-0.25, -0.2) is 0 Å². The molecule has 0 radical (unpaired) electrons. The summed E-state index contributed by atoms with van der Waals surface area (Å²) >= 11 is 5.99. The average molecular weight is 240 g/mol. The molecule has 0 amide bonds. The summed E-state index contributed by atoms with van der Waals surface area (Å²) in [6, 6.07) is 3.78. The molecule has 0 aromatic heterocycles. The molecule has 3 heteroatoms. The fourth-order valence-corrected chi connectivity index (χ4v) is 2.76. The van der Waals surface area contributed by atoms with E-state index in [1.54, 1.807) is 0 Å². The fraction of sp³-hybridized carbons (Fsp3) is 0.538. The highest BCUT2D eigenvalue weighted by molar-refractivity contribution is 6.32. The molecule has 1 aromatic rings. The van der Waals surface area contributed by atoms with Crippen molar-refractivity contribution in [1.82, 2.24) is 0 Å². The summed E-state index contributed by atoms with van der Waals surface area (Å²) in [4.78, 5) is 0. The number of phenolic OH excluding ortho intramolecular Hbond substituents is 1. The lowest BCUT2D eigenvalue weighted by atomic mass is 9.77. The summed E-state index contributed by atoms with van der Waals surface area (Å²) in [5.41, 5.74) is 8.04. The minimum Gasteiger partial charge on any atom is -0.506 e. The number of hydrogen-bond acceptors (Lipinski definition) is 2. The Bertz CT molecular complexity index is 374. The van der Waals surface area contributed by atoms with E-state index < -0.39 is 0 Å². The third-order valence-electron chi connectivity index (χ3n) is 3.57. The Morgan fingerprint density at radius 1 is 1.25 bits per heavy atom. The van der Waals surface area contributed by atoms with Crippen LogP contribution in [0.15, 0.2) is 12.1 Å². The highest BCUT2D eigenvalue weighted by atomic mass is 35.5. The molecule has 1 aliphatic rings. The first-order valence-corrected chi connectivity index (χ1v) is 6.19. The topological polar surface area (TPSA) is 46.2 Å². The maximum Gasteiger partial charge on any atom is 0.137 e. The molecule has 0 atom stereocenters. The minimum atomic E-state index is -0.250. The molecule has 0 heterocycles. The van der Waals surface area contributed by atoms with Crippen molar-refractivity contribution < 1.29 is 5.11 Å². The van der Waals surface area contributed by atoms with E-state index in [9.17, 15) is 5.11 Å². The van der Waals surface area contributed by atoms with Crippen molar-refractivity contribution in [2.45, 2.75) is 44.6 Å². The van der Waals surface area contributed by atoms with Crippen LogP contribution in [0.1, 0.15) is 43.2 Å². The van der Waals surface area contributed by atoms with Gasteiger partial charge in [-0.2, -0.15) is 0 Å². The van der Waals surface area contributed by atoms with Gasteiger partial charge in [0.05, 0.1) is 5.02 Å². The molecular formula is C13H18ClNO. The molecule has 2 rings (SSSR count). The molecule has 0 spiro atoms. The first kappa shape index (κ1) is 11.7. The number of benzene rings is 1. The third kappa shape index (κ3) is 2.04. The maximum absolute atomic E-state index is 9.64. The normalized spacial score (nSPS) is 19.7. The molecule has 1 aliphatic carbocycles. The molecule has 1 aromatic carbocycles.